The first-order valence-corrected chi connectivity index (χ1v) is 31.2. The minimum atomic E-state index is -4.30. The van der Waals surface area contributed by atoms with E-state index in [9.17, 15) is 21.4 Å². The van der Waals surface area contributed by atoms with Crippen LogP contribution < -0.4 is 47.4 Å². The molecule has 2 aromatic carbocycles. The van der Waals surface area contributed by atoms with Gasteiger partial charge in [0.15, 0.2) is 57.5 Å². The highest BCUT2D eigenvalue weighted by Gasteiger charge is 2.39. The van der Waals surface area contributed by atoms with Crippen LogP contribution in [-0.2, 0) is 20.2 Å². The minimum absolute atomic E-state index is 0.0513. The molecule has 0 aliphatic carbocycles. The zero-order valence-electron chi connectivity index (χ0n) is 41.7. The fourth-order valence-electron chi connectivity index (χ4n) is 8.64. The number of benzene rings is 2. The molecule has 2 unspecified atom stereocenters. The molecule has 2 atom stereocenters. The van der Waals surface area contributed by atoms with Crippen molar-refractivity contribution in [2.24, 2.45) is 0 Å². The summed E-state index contributed by atoms with van der Waals surface area (Å²) in [6, 6.07) is 12.4. The highest BCUT2D eigenvalue weighted by atomic mass is 32.2. The Labute approximate surface area is 455 Å². The van der Waals surface area contributed by atoms with E-state index in [0.717, 1.165) is 107 Å². The maximum absolute atomic E-state index is 10.7. The molecule has 10 heterocycles. The standard InChI is InChI=1S/C32H26O10S5.2C10H14O3S/c1-13-15-17(35-5-3-33-15)25(43-13)27-19-21(39-9-7-37-19)29(45-27)31-23-24(42-12-11-41-23)32(47-31)30-22-20(38-8-10-40-22)28(46-30)26-18-16(14(2)44-26)34-4-6-36-18;2*1-3-8(2)9-4-6-10(7-5-9)14(11,12)13/h3-12H2,1-2H3;2*4-8H,3H2,1-2H3,(H,11,12,13)/p-1. The molecule has 0 saturated carbocycles. The summed E-state index contributed by atoms with van der Waals surface area (Å²) in [4.78, 5) is 9.54. The van der Waals surface area contributed by atoms with Gasteiger partial charge >= 0.3 is 0 Å². The molecule has 75 heavy (non-hydrogen) atoms. The zero-order chi connectivity index (χ0) is 52.8. The molecule has 16 nitrogen and oxygen atoms in total. The maximum Gasteiger partial charge on any atom is 0.294 e. The summed E-state index contributed by atoms with van der Waals surface area (Å²) in [6.07, 6.45) is 1.99. The van der Waals surface area contributed by atoms with Gasteiger partial charge in [0.1, 0.15) is 76.2 Å². The van der Waals surface area contributed by atoms with Crippen molar-refractivity contribution in [2.75, 3.05) is 66.1 Å². The lowest BCUT2D eigenvalue weighted by atomic mass is 9.99. The van der Waals surface area contributed by atoms with Crippen molar-refractivity contribution in [3.05, 3.63) is 69.4 Å². The number of ether oxygens (including phenoxy) is 10. The van der Waals surface area contributed by atoms with Crippen LogP contribution in [0.1, 0.15) is 73.3 Å². The van der Waals surface area contributed by atoms with Gasteiger partial charge in [-0.2, -0.15) is 8.42 Å². The van der Waals surface area contributed by atoms with Crippen LogP contribution >= 0.6 is 56.7 Å². The quantitative estimate of drug-likeness (QED) is 0.126. The van der Waals surface area contributed by atoms with Gasteiger partial charge in [-0.15, -0.1) is 56.7 Å². The van der Waals surface area contributed by atoms with Gasteiger partial charge < -0.3 is 51.9 Å². The van der Waals surface area contributed by atoms with E-state index in [2.05, 4.69) is 41.5 Å². The van der Waals surface area contributed by atoms with Crippen molar-refractivity contribution in [1.29, 1.82) is 0 Å². The first-order valence-electron chi connectivity index (χ1n) is 24.2. The molecule has 23 heteroatoms. The van der Waals surface area contributed by atoms with Gasteiger partial charge in [0, 0.05) is 9.75 Å². The molecule has 0 bridgehead atoms. The second kappa shape index (κ2) is 22.0. The molecular weight excluding hydrogens is 1110 g/mol. The first-order chi connectivity index (χ1) is 36.0. The van der Waals surface area contributed by atoms with E-state index in [0.29, 0.717) is 101 Å². The second-order valence-electron chi connectivity index (χ2n) is 17.7. The van der Waals surface area contributed by atoms with Crippen LogP contribution in [0.15, 0.2) is 58.3 Å². The molecule has 0 fully saturated rings. The summed E-state index contributed by atoms with van der Waals surface area (Å²) in [5, 5.41) is 0. The molecular formula is C52H53O16S7-. The Balaban J connectivity index is 0.000000188. The molecule has 0 amide bonds. The van der Waals surface area contributed by atoms with Gasteiger partial charge in [0.25, 0.3) is 10.1 Å². The Morgan fingerprint density at radius 3 is 0.880 bits per heavy atom. The van der Waals surface area contributed by atoms with Crippen LogP contribution in [0.4, 0.5) is 0 Å². The van der Waals surface area contributed by atoms with Crippen molar-refractivity contribution in [2.45, 2.75) is 76.0 Å². The van der Waals surface area contributed by atoms with E-state index in [1.54, 1.807) is 80.9 Å². The molecule has 400 valence electrons. The third kappa shape index (κ3) is 10.6. The van der Waals surface area contributed by atoms with Gasteiger partial charge in [0.2, 0.25) is 0 Å². The van der Waals surface area contributed by atoms with Crippen molar-refractivity contribution < 1.29 is 73.3 Å². The van der Waals surface area contributed by atoms with E-state index < -0.39 is 20.2 Å². The Hall–Kier alpha value is -5.24. The number of rotatable bonds is 10. The first kappa shape index (κ1) is 53.2. The Bertz CT molecular complexity index is 3210. The number of thiophene rings is 5. The predicted octanol–water partition coefficient (Wildman–Crippen LogP) is 12.7. The maximum atomic E-state index is 10.7. The average Bonchev–Trinajstić information content (AvgIpc) is 4.26. The van der Waals surface area contributed by atoms with Crippen LogP contribution in [0.25, 0.3) is 39.0 Å². The van der Waals surface area contributed by atoms with Gasteiger partial charge in [-0.25, -0.2) is 8.42 Å². The third-order valence-electron chi connectivity index (χ3n) is 12.9. The fourth-order valence-corrected chi connectivity index (χ4v) is 15.7. The Morgan fingerprint density at radius 2 is 0.640 bits per heavy atom. The highest BCUT2D eigenvalue weighted by Crippen LogP contribution is 2.67. The number of aryl methyl sites for hydroxylation is 2. The van der Waals surface area contributed by atoms with E-state index in [1.165, 1.54) is 24.3 Å². The number of hydrogen-bond acceptors (Lipinski definition) is 20. The summed E-state index contributed by atoms with van der Waals surface area (Å²) in [6.45, 7) is 17.2. The van der Waals surface area contributed by atoms with Crippen molar-refractivity contribution in [3.8, 4) is 96.5 Å². The molecule has 1 N–H and O–H groups in total. The lowest BCUT2D eigenvalue weighted by Crippen LogP contribution is -2.16. The molecule has 12 rings (SSSR count). The normalized spacial score (nSPS) is 15.9. The van der Waals surface area contributed by atoms with Gasteiger partial charge in [-0.3, -0.25) is 4.55 Å². The van der Waals surface area contributed by atoms with Crippen molar-refractivity contribution in [1.82, 2.24) is 0 Å². The van der Waals surface area contributed by atoms with Crippen LogP contribution in [0.3, 0.4) is 0 Å². The number of hydrogen-bond donors (Lipinski definition) is 1. The van der Waals surface area contributed by atoms with E-state index in [4.69, 9.17) is 51.9 Å². The summed E-state index contributed by atoms with van der Waals surface area (Å²) in [7, 11) is -8.35. The largest absolute Gasteiger partial charge is 0.744 e. The molecule has 0 saturated heterocycles. The Kier molecular flexibility index (Phi) is 15.6. The average molecular weight is 1160 g/mol. The van der Waals surface area contributed by atoms with Crippen LogP contribution in [0, 0.1) is 13.8 Å². The molecule has 5 aliphatic rings. The van der Waals surface area contributed by atoms with E-state index >= 15 is 0 Å². The predicted molar refractivity (Wildman–Crippen MR) is 290 cm³/mol. The van der Waals surface area contributed by atoms with Crippen LogP contribution in [-0.4, -0.2) is 92.0 Å². The molecule has 7 aromatic rings. The van der Waals surface area contributed by atoms with Gasteiger partial charge in [0.05, 0.1) is 48.8 Å². The smallest absolute Gasteiger partial charge is 0.294 e. The fraction of sp³-hybridized carbons (Fsp3) is 0.385. The van der Waals surface area contributed by atoms with Crippen LogP contribution in [0.2, 0.25) is 0 Å². The van der Waals surface area contributed by atoms with Crippen LogP contribution in [0.5, 0.6) is 57.5 Å². The Morgan fingerprint density at radius 1 is 0.413 bits per heavy atom. The minimum Gasteiger partial charge on any atom is -0.744 e. The summed E-state index contributed by atoms with van der Waals surface area (Å²) in [5.41, 5.74) is 2.14. The summed E-state index contributed by atoms with van der Waals surface area (Å²) in [5.74, 6) is 8.23. The van der Waals surface area contributed by atoms with Crippen molar-refractivity contribution >= 4 is 76.9 Å². The highest BCUT2D eigenvalue weighted by molar-refractivity contribution is 7.86. The monoisotopic (exact) mass is 1160 g/mol. The van der Waals surface area contributed by atoms with Gasteiger partial charge in [-0.1, -0.05) is 52.0 Å². The van der Waals surface area contributed by atoms with E-state index in [-0.39, 0.29) is 9.79 Å². The molecule has 5 aliphatic heterocycles. The van der Waals surface area contributed by atoms with Gasteiger partial charge in [-0.05, 0) is 73.9 Å². The molecule has 0 spiro atoms. The number of fused-ring (bicyclic) bond motifs is 5. The topological polar surface area (TPSA) is 204 Å². The van der Waals surface area contributed by atoms with Crippen molar-refractivity contribution in [3.63, 3.8) is 0 Å². The second-order valence-corrected chi connectivity index (χ2v) is 26.0. The third-order valence-corrected chi connectivity index (χ3v) is 20.8. The molecule has 0 radical (unpaired) electrons. The lowest BCUT2D eigenvalue weighted by molar-refractivity contribution is 0.170. The lowest BCUT2D eigenvalue weighted by Gasteiger charge is -2.19. The summed E-state index contributed by atoms with van der Waals surface area (Å²) >= 11 is 8.14. The van der Waals surface area contributed by atoms with E-state index in [1.807, 2.05) is 0 Å². The zero-order valence-corrected chi connectivity index (χ0v) is 47.4. The SMILES string of the molecule is CCC(C)c1ccc(S(=O)(=O)O)cc1.CCC(C)c1ccc(S(=O)(=O)[O-])cc1.Cc1sc(-c2sc(-c3sc(-c4sc(-c5sc(C)c6c5OCCO6)c5c4OCCO5)c4c3OCCO4)c3c2OCCO3)c2c1OCCO2. The molecule has 5 aromatic heterocycles. The summed E-state index contributed by atoms with van der Waals surface area (Å²) < 4.78 is 124.